The van der Waals surface area contributed by atoms with Crippen LogP contribution in [0.2, 0.25) is 0 Å². The molecule has 2 aliphatic heterocycles. The van der Waals surface area contributed by atoms with Crippen LogP contribution in [0.25, 0.3) is 0 Å². The van der Waals surface area contributed by atoms with Crippen LogP contribution in [-0.4, -0.2) is 73.1 Å². The Morgan fingerprint density at radius 3 is 2.52 bits per heavy atom. The summed E-state index contributed by atoms with van der Waals surface area (Å²) >= 11 is 0. The molecule has 2 heterocycles. The zero-order chi connectivity index (χ0) is 15.1. The van der Waals surface area contributed by atoms with E-state index in [0.717, 1.165) is 45.1 Å². The number of likely N-dealkylation sites (tertiary alicyclic amines) is 1. The molecule has 2 aliphatic rings. The van der Waals surface area contributed by atoms with Gasteiger partial charge in [-0.25, -0.2) is 0 Å². The Bertz CT molecular complexity index is 330. The van der Waals surface area contributed by atoms with Gasteiger partial charge < -0.3 is 9.80 Å². The Hall–Kier alpha value is -0.630. The van der Waals surface area contributed by atoms with Crippen LogP contribution in [0.5, 0.6) is 0 Å². The highest BCUT2D eigenvalue weighted by atomic mass is 15.3. The largest absolute Gasteiger partial charge is 0.303 e. The highest BCUT2D eigenvalue weighted by molar-refractivity contribution is 4.93. The molecule has 21 heavy (non-hydrogen) atoms. The predicted octanol–water partition coefficient (Wildman–Crippen LogP) is 2.17. The summed E-state index contributed by atoms with van der Waals surface area (Å²) in [6.45, 7) is 9.09. The van der Waals surface area contributed by atoms with E-state index >= 15 is 0 Å². The molecule has 2 atom stereocenters. The molecule has 120 valence electrons. The summed E-state index contributed by atoms with van der Waals surface area (Å²) in [6, 6.07) is 3.41. The maximum atomic E-state index is 9.27. The lowest BCUT2D eigenvalue weighted by molar-refractivity contribution is 0.0952. The van der Waals surface area contributed by atoms with Gasteiger partial charge in [0, 0.05) is 32.2 Å². The zero-order valence-corrected chi connectivity index (χ0v) is 13.9. The van der Waals surface area contributed by atoms with Crippen LogP contribution in [0, 0.1) is 11.3 Å². The highest BCUT2D eigenvalue weighted by Gasteiger charge is 2.24. The molecule has 0 spiro atoms. The minimum Gasteiger partial charge on any atom is -0.303 e. The third kappa shape index (κ3) is 4.95. The number of hydrogen-bond donors (Lipinski definition) is 0. The lowest BCUT2D eigenvalue weighted by Gasteiger charge is -2.38. The van der Waals surface area contributed by atoms with E-state index in [0.29, 0.717) is 0 Å². The average molecular weight is 292 g/mol. The van der Waals surface area contributed by atoms with Gasteiger partial charge in [0.05, 0.1) is 12.1 Å². The van der Waals surface area contributed by atoms with Gasteiger partial charge in [-0.2, -0.15) is 5.26 Å². The summed E-state index contributed by atoms with van der Waals surface area (Å²) in [4.78, 5) is 7.53. The molecule has 0 saturated carbocycles. The van der Waals surface area contributed by atoms with Gasteiger partial charge in [-0.05, 0) is 45.8 Å². The molecule has 0 aromatic carbocycles. The fourth-order valence-corrected chi connectivity index (χ4v) is 3.74. The third-order valence-corrected chi connectivity index (χ3v) is 5.26. The van der Waals surface area contributed by atoms with Gasteiger partial charge in [-0.1, -0.05) is 19.8 Å². The molecule has 0 aromatic heterocycles. The van der Waals surface area contributed by atoms with Crippen LogP contribution in [0.3, 0.4) is 0 Å². The van der Waals surface area contributed by atoms with E-state index in [1.165, 1.54) is 38.8 Å². The highest BCUT2D eigenvalue weighted by Crippen LogP contribution is 2.18. The molecule has 0 aromatic rings. The summed E-state index contributed by atoms with van der Waals surface area (Å²) in [5, 5.41) is 9.27. The smallest absolute Gasteiger partial charge is 0.0978 e. The Balaban J connectivity index is 1.68. The number of nitriles is 1. The van der Waals surface area contributed by atoms with E-state index < -0.39 is 0 Å². The minimum absolute atomic E-state index is 0.140. The van der Waals surface area contributed by atoms with E-state index in [-0.39, 0.29) is 6.04 Å². The number of rotatable bonds is 6. The van der Waals surface area contributed by atoms with Crippen molar-refractivity contribution in [2.24, 2.45) is 0 Å². The monoisotopic (exact) mass is 292 g/mol. The molecule has 0 amide bonds. The van der Waals surface area contributed by atoms with Gasteiger partial charge in [0.15, 0.2) is 0 Å². The van der Waals surface area contributed by atoms with Crippen molar-refractivity contribution in [2.75, 3.05) is 46.3 Å². The molecule has 2 saturated heterocycles. The number of piperidine rings is 1. The molecular weight excluding hydrogens is 260 g/mol. The molecule has 4 nitrogen and oxygen atoms in total. The SMILES string of the molecule is CCCC(C#N)N1CCN(CCC2CCCCN2C)CC1. The second kappa shape index (κ2) is 8.73. The fourth-order valence-electron chi connectivity index (χ4n) is 3.74. The first kappa shape index (κ1) is 16.7. The van der Waals surface area contributed by atoms with Crippen LogP contribution in [0.1, 0.15) is 45.4 Å². The van der Waals surface area contributed by atoms with Crippen LogP contribution in [0.15, 0.2) is 0 Å². The van der Waals surface area contributed by atoms with Crippen LogP contribution < -0.4 is 0 Å². The summed E-state index contributed by atoms with van der Waals surface area (Å²) in [5.41, 5.74) is 0. The number of hydrogen-bond acceptors (Lipinski definition) is 4. The molecule has 4 heteroatoms. The van der Waals surface area contributed by atoms with Gasteiger partial charge in [-0.3, -0.25) is 4.90 Å². The van der Waals surface area contributed by atoms with Gasteiger partial charge >= 0.3 is 0 Å². The Labute approximate surface area is 130 Å². The Morgan fingerprint density at radius 2 is 1.90 bits per heavy atom. The van der Waals surface area contributed by atoms with Crippen LogP contribution >= 0.6 is 0 Å². The molecule has 0 N–H and O–H groups in total. The second-order valence-corrected chi connectivity index (χ2v) is 6.73. The lowest BCUT2D eigenvalue weighted by Crippen LogP contribution is -2.50. The van der Waals surface area contributed by atoms with Crippen molar-refractivity contribution in [3.8, 4) is 6.07 Å². The maximum absolute atomic E-state index is 9.27. The third-order valence-electron chi connectivity index (χ3n) is 5.26. The van der Waals surface area contributed by atoms with E-state index in [9.17, 15) is 5.26 Å². The average Bonchev–Trinajstić information content (AvgIpc) is 2.52. The zero-order valence-electron chi connectivity index (χ0n) is 13.9. The van der Waals surface area contributed by atoms with Gasteiger partial charge in [0.25, 0.3) is 0 Å². The van der Waals surface area contributed by atoms with Gasteiger partial charge in [0.1, 0.15) is 0 Å². The van der Waals surface area contributed by atoms with Crippen molar-refractivity contribution in [2.45, 2.75) is 57.5 Å². The first-order valence-electron chi connectivity index (χ1n) is 8.81. The van der Waals surface area contributed by atoms with Crippen molar-refractivity contribution in [1.29, 1.82) is 5.26 Å². The summed E-state index contributed by atoms with van der Waals surface area (Å²) < 4.78 is 0. The molecule has 2 rings (SSSR count). The maximum Gasteiger partial charge on any atom is 0.0978 e. The summed E-state index contributed by atoms with van der Waals surface area (Å²) in [6.07, 6.45) is 7.59. The molecular formula is C17H32N4. The van der Waals surface area contributed by atoms with Crippen molar-refractivity contribution in [1.82, 2.24) is 14.7 Å². The van der Waals surface area contributed by atoms with Crippen molar-refractivity contribution < 1.29 is 0 Å². The minimum atomic E-state index is 0.140. The first-order valence-corrected chi connectivity index (χ1v) is 8.81. The quantitative estimate of drug-likeness (QED) is 0.751. The van der Waals surface area contributed by atoms with Crippen molar-refractivity contribution in [3.05, 3.63) is 0 Å². The van der Waals surface area contributed by atoms with E-state index in [4.69, 9.17) is 0 Å². The van der Waals surface area contributed by atoms with Crippen molar-refractivity contribution in [3.63, 3.8) is 0 Å². The van der Waals surface area contributed by atoms with E-state index in [1.807, 2.05) is 0 Å². The van der Waals surface area contributed by atoms with Crippen LogP contribution in [-0.2, 0) is 0 Å². The molecule has 0 bridgehead atoms. The molecule has 2 fully saturated rings. The predicted molar refractivity (Wildman–Crippen MR) is 87.2 cm³/mol. The first-order chi connectivity index (χ1) is 10.2. The molecule has 0 radical (unpaired) electrons. The van der Waals surface area contributed by atoms with Gasteiger partial charge in [-0.15, -0.1) is 0 Å². The summed E-state index contributed by atoms with van der Waals surface area (Å²) in [7, 11) is 2.28. The van der Waals surface area contributed by atoms with Crippen LogP contribution in [0.4, 0.5) is 0 Å². The van der Waals surface area contributed by atoms with E-state index in [2.05, 4.69) is 34.7 Å². The Morgan fingerprint density at radius 1 is 1.14 bits per heavy atom. The second-order valence-electron chi connectivity index (χ2n) is 6.73. The number of piperazine rings is 1. The standard InChI is InChI=1S/C17H32N4/c1-3-6-17(15-18)21-13-11-20(12-14-21)10-8-16-7-4-5-9-19(16)2/h16-17H,3-14H2,1-2H3. The Kier molecular flexibility index (Phi) is 6.95. The van der Waals surface area contributed by atoms with E-state index in [1.54, 1.807) is 0 Å². The van der Waals surface area contributed by atoms with Gasteiger partial charge in [0.2, 0.25) is 0 Å². The lowest BCUT2D eigenvalue weighted by atomic mass is 10.00. The topological polar surface area (TPSA) is 33.5 Å². The van der Waals surface area contributed by atoms with Crippen molar-refractivity contribution >= 4 is 0 Å². The fraction of sp³-hybridized carbons (Fsp3) is 0.941. The molecule has 2 unspecified atom stereocenters. The summed E-state index contributed by atoms with van der Waals surface area (Å²) in [5.74, 6) is 0. The molecule has 0 aliphatic carbocycles. The normalized spacial score (nSPS) is 27.4. The number of nitrogens with zero attached hydrogens (tertiary/aromatic N) is 4.